The highest BCUT2D eigenvalue weighted by Crippen LogP contribution is 2.49. The Hall–Kier alpha value is 0.210. The van der Waals surface area contributed by atoms with Crippen molar-refractivity contribution >= 4 is 12.4 Å². The summed E-state index contributed by atoms with van der Waals surface area (Å²) in [4.78, 5) is 2.78. The molecule has 2 bridgehead atoms. The second kappa shape index (κ2) is 5.54. The Labute approximate surface area is 123 Å². The van der Waals surface area contributed by atoms with E-state index in [2.05, 4.69) is 4.90 Å². The van der Waals surface area contributed by atoms with Crippen molar-refractivity contribution in [2.75, 3.05) is 19.6 Å². The van der Waals surface area contributed by atoms with Crippen molar-refractivity contribution in [1.82, 2.24) is 4.90 Å². The van der Waals surface area contributed by atoms with Crippen LogP contribution in [-0.4, -0.2) is 30.6 Å². The summed E-state index contributed by atoms with van der Waals surface area (Å²) in [5.74, 6) is 5.00. The highest BCUT2D eigenvalue weighted by Gasteiger charge is 2.43. The first kappa shape index (κ1) is 14.2. The van der Waals surface area contributed by atoms with Crippen LogP contribution < -0.4 is 5.73 Å². The first-order valence-corrected chi connectivity index (χ1v) is 8.27. The molecule has 4 rings (SSSR count). The average Bonchev–Trinajstić information content (AvgIpc) is 3.03. The van der Waals surface area contributed by atoms with Gasteiger partial charge in [0.05, 0.1) is 0 Å². The minimum absolute atomic E-state index is 0. The minimum atomic E-state index is 0. The molecule has 0 aromatic rings. The van der Waals surface area contributed by atoms with Crippen LogP contribution in [0.5, 0.6) is 0 Å². The van der Waals surface area contributed by atoms with Gasteiger partial charge in [-0.25, -0.2) is 0 Å². The van der Waals surface area contributed by atoms with Crippen molar-refractivity contribution in [2.24, 2.45) is 35.3 Å². The van der Waals surface area contributed by atoms with Gasteiger partial charge in [0.15, 0.2) is 0 Å². The highest BCUT2D eigenvalue weighted by atomic mass is 35.5. The van der Waals surface area contributed by atoms with Crippen LogP contribution in [0.25, 0.3) is 0 Å². The van der Waals surface area contributed by atoms with Crippen molar-refractivity contribution in [3.63, 3.8) is 0 Å². The highest BCUT2D eigenvalue weighted by molar-refractivity contribution is 5.85. The molecule has 2 N–H and O–H groups in total. The Morgan fingerprint density at radius 1 is 0.947 bits per heavy atom. The first-order chi connectivity index (χ1) is 8.79. The quantitative estimate of drug-likeness (QED) is 0.845. The molecule has 1 heterocycles. The molecule has 3 aliphatic carbocycles. The first-order valence-electron chi connectivity index (χ1n) is 8.27. The molecule has 1 saturated heterocycles. The van der Waals surface area contributed by atoms with Gasteiger partial charge in [0.1, 0.15) is 0 Å². The molecule has 19 heavy (non-hydrogen) atoms. The van der Waals surface area contributed by atoms with Crippen molar-refractivity contribution in [1.29, 1.82) is 0 Å². The van der Waals surface area contributed by atoms with E-state index in [1.165, 1.54) is 51.7 Å². The monoisotopic (exact) mass is 284 g/mol. The van der Waals surface area contributed by atoms with E-state index in [-0.39, 0.29) is 12.4 Å². The molecular formula is C16H29ClN2. The standard InChI is InChI=1S/C16H28N2.ClH/c17-16-3-1-2-13-8-18(10-15(13)16)9-14-7-11-4-5-12(14)6-11;/h11-16H,1-10,17H2;1H. The zero-order chi connectivity index (χ0) is 12.1. The molecule has 0 aromatic heterocycles. The van der Waals surface area contributed by atoms with Crippen LogP contribution in [0.3, 0.4) is 0 Å². The van der Waals surface area contributed by atoms with Gasteiger partial charge >= 0.3 is 0 Å². The summed E-state index contributed by atoms with van der Waals surface area (Å²) in [6, 6.07) is 0.508. The molecule has 2 nitrogen and oxygen atoms in total. The topological polar surface area (TPSA) is 29.3 Å². The van der Waals surface area contributed by atoms with Crippen LogP contribution in [0.4, 0.5) is 0 Å². The number of hydrogen-bond donors (Lipinski definition) is 1. The predicted octanol–water partition coefficient (Wildman–Crippen LogP) is 2.90. The molecular weight excluding hydrogens is 256 g/mol. The van der Waals surface area contributed by atoms with E-state index >= 15 is 0 Å². The normalized spacial score (nSPS) is 49.1. The Bertz CT molecular complexity index is 322. The van der Waals surface area contributed by atoms with Gasteiger partial charge in [-0.05, 0) is 61.7 Å². The van der Waals surface area contributed by atoms with Crippen molar-refractivity contribution < 1.29 is 0 Å². The lowest BCUT2D eigenvalue weighted by atomic mass is 9.78. The molecule has 0 spiro atoms. The number of likely N-dealkylation sites (tertiary alicyclic amines) is 1. The van der Waals surface area contributed by atoms with Crippen LogP contribution in [0.15, 0.2) is 0 Å². The van der Waals surface area contributed by atoms with Gasteiger partial charge in [0.2, 0.25) is 0 Å². The zero-order valence-electron chi connectivity index (χ0n) is 12.0. The summed E-state index contributed by atoms with van der Waals surface area (Å²) in [5.41, 5.74) is 6.32. The third-order valence-corrected chi connectivity index (χ3v) is 6.61. The van der Waals surface area contributed by atoms with E-state index in [1.807, 2.05) is 0 Å². The number of rotatable bonds is 2. The van der Waals surface area contributed by atoms with Gasteiger partial charge in [-0.2, -0.15) is 0 Å². The van der Waals surface area contributed by atoms with Crippen LogP contribution >= 0.6 is 12.4 Å². The van der Waals surface area contributed by atoms with Gasteiger partial charge in [-0.15, -0.1) is 12.4 Å². The second-order valence-corrected chi connectivity index (χ2v) is 7.67. The summed E-state index contributed by atoms with van der Waals surface area (Å²) in [5, 5.41) is 0. The Kier molecular flexibility index (Phi) is 4.13. The lowest BCUT2D eigenvalue weighted by Gasteiger charge is -2.30. The number of fused-ring (bicyclic) bond motifs is 3. The SMILES string of the molecule is Cl.NC1CCCC2CN(CC3CC4CCC3C4)CC12. The summed E-state index contributed by atoms with van der Waals surface area (Å²) in [6.45, 7) is 4.09. The third-order valence-electron chi connectivity index (χ3n) is 6.61. The molecule has 6 atom stereocenters. The summed E-state index contributed by atoms with van der Waals surface area (Å²) < 4.78 is 0. The van der Waals surface area contributed by atoms with Gasteiger partial charge in [0.25, 0.3) is 0 Å². The smallest absolute Gasteiger partial charge is 0.00825 e. The number of nitrogens with zero attached hydrogens (tertiary/aromatic N) is 1. The second-order valence-electron chi connectivity index (χ2n) is 7.67. The summed E-state index contributed by atoms with van der Waals surface area (Å²) in [6.07, 6.45) is 10.3. The number of nitrogens with two attached hydrogens (primary N) is 1. The average molecular weight is 285 g/mol. The van der Waals surface area contributed by atoms with Gasteiger partial charge < -0.3 is 10.6 Å². The fourth-order valence-electron chi connectivity index (χ4n) is 5.69. The van der Waals surface area contributed by atoms with E-state index in [1.54, 1.807) is 12.8 Å². The molecule has 3 saturated carbocycles. The van der Waals surface area contributed by atoms with E-state index in [0.29, 0.717) is 6.04 Å². The summed E-state index contributed by atoms with van der Waals surface area (Å²) in [7, 11) is 0. The molecule has 6 unspecified atom stereocenters. The van der Waals surface area contributed by atoms with Crippen LogP contribution in [0.1, 0.15) is 44.9 Å². The largest absolute Gasteiger partial charge is 0.327 e. The van der Waals surface area contributed by atoms with Gasteiger partial charge in [-0.1, -0.05) is 12.8 Å². The summed E-state index contributed by atoms with van der Waals surface area (Å²) >= 11 is 0. The maximum Gasteiger partial charge on any atom is 0.00825 e. The predicted molar refractivity (Wildman–Crippen MR) is 81.4 cm³/mol. The van der Waals surface area contributed by atoms with Crippen LogP contribution in [0.2, 0.25) is 0 Å². The lowest BCUT2D eigenvalue weighted by molar-refractivity contribution is 0.211. The molecule has 4 fully saturated rings. The van der Waals surface area contributed by atoms with E-state index in [9.17, 15) is 0 Å². The molecule has 3 heteroatoms. The zero-order valence-corrected chi connectivity index (χ0v) is 12.8. The molecule has 1 aliphatic heterocycles. The van der Waals surface area contributed by atoms with E-state index < -0.39 is 0 Å². The van der Waals surface area contributed by atoms with Gasteiger partial charge in [-0.3, -0.25) is 0 Å². The molecule has 4 aliphatic rings. The Balaban J connectivity index is 0.00000110. The fourth-order valence-corrected chi connectivity index (χ4v) is 5.69. The Morgan fingerprint density at radius 2 is 1.84 bits per heavy atom. The van der Waals surface area contributed by atoms with Crippen LogP contribution in [0, 0.1) is 29.6 Å². The molecule has 110 valence electrons. The van der Waals surface area contributed by atoms with Crippen molar-refractivity contribution in [2.45, 2.75) is 51.0 Å². The third kappa shape index (κ3) is 2.56. The van der Waals surface area contributed by atoms with Gasteiger partial charge in [0, 0.05) is 25.7 Å². The molecule has 0 radical (unpaired) electrons. The Morgan fingerprint density at radius 3 is 2.53 bits per heavy atom. The number of halogens is 1. The van der Waals surface area contributed by atoms with Crippen molar-refractivity contribution in [3.8, 4) is 0 Å². The molecule has 0 amide bonds. The maximum atomic E-state index is 6.32. The van der Waals surface area contributed by atoms with Crippen molar-refractivity contribution in [3.05, 3.63) is 0 Å². The molecule has 0 aromatic carbocycles. The number of hydrogen-bond acceptors (Lipinski definition) is 2. The fraction of sp³-hybridized carbons (Fsp3) is 1.00. The lowest BCUT2D eigenvalue weighted by Crippen LogP contribution is -2.38. The van der Waals surface area contributed by atoms with E-state index in [0.717, 1.165) is 29.6 Å². The minimum Gasteiger partial charge on any atom is -0.327 e. The van der Waals surface area contributed by atoms with Crippen LogP contribution in [-0.2, 0) is 0 Å². The maximum absolute atomic E-state index is 6.32. The van der Waals surface area contributed by atoms with E-state index in [4.69, 9.17) is 5.73 Å².